The molecule has 0 spiro atoms. The van der Waals surface area contributed by atoms with Crippen LogP contribution in [0, 0.1) is 0 Å². The Hall–Kier alpha value is -0.490. The number of aromatic nitrogens is 2. The fourth-order valence-electron chi connectivity index (χ4n) is 0.489. The predicted molar refractivity (Wildman–Crippen MR) is 42.2 cm³/mol. The summed E-state index contributed by atoms with van der Waals surface area (Å²) >= 11 is 1.05. The number of nitrogens with zero attached hydrogens (tertiary/aromatic N) is 2. The van der Waals surface area contributed by atoms with E-state index in [1.165, 1.54) is 5.51 Å². The van der Waals surface area contributed by atoms with E-state index in [4.69, 9.17) is 0 Å². The summed E-state index contributed by atoms with van der Waals surface area (Å²) in [6.07, 6.45) is 0. The molecule has 0 atom stereocenters. The fraction of sp³-hybridized carbons (Fsp3) is 0.600. The quantitative estimate of drug-likeness (QED) is 0.692. The van der Waals surface area contributed by atoms with Gasteiger partial charge >= 0.3 is 0 Å². The molecule has 1 heterocycles. The Balaban J connectivity index is 3.12. The number of rotatable bonds is 2. The van der Waals surface area contributed by atoms with E-state index in [-0.39, 0.29) is 4.34 Å². The predicted octanol–water partition coefficient (Wildman–Crippen LogP) is 0.720. The van der Waals surface area contributed by atoms with Crippen LogP contribution in [0.5, 0.6) is 0 Å². The van der Waals surface area contributed by atoms with Gasteiger partial charge in [0.2, 0.25) is 14.2 Å². The zero-order chi connectivity index (χ0) is 8.48. The van der Waals surface area contributed by atoms with Crippen LogP contribution < -0.4 is 0 Å². The molecular formula is C5H8N2O2S2. The molecule has 62 valence electrons. The van der Waals surface area contributed by atoms with Crippen molar-refractivity contribution in [2.45, 2.75) is 23.4 Å². The Labute approximate surface area is 69.2 Å². The second-order valence-electron chi connectivity index (χ2n) is 2.30. The molecule has 1 aromatic rings. The Morgan fingerprint density at radius 3 is 2.55 bits per heavy atom. The summed E-state index contributed by atoms with van der Waals surface area (Å²) in [4.78, 5) is 0. The Morgan fingerprint density at radius 2 is 2.18 bits per heavy atom. The average molecular weight is 192 g/mol. The molecular weight excluding hydrogens is 184 g/mol. The molecule has 11 heavy (non-hydrogen) atoms. The molecule has 4 nitrogen and oxygen atoms in total. The standard InChI is InChI=1S/C5H8N2O2S2/c1-4(2)11(8,9)5-7-6-3-10-5/h3-4H,1-2H3. The zero-order valence-electron chi connectivity index (χ0n) is 6.18. The van der Waals surface area contributed by atoms with Crippen LogP contribution in [-0.2, 0) is 9.84 Å². The highest BCUT2D eigenvalue weighted by Gasteiger charge is 2.21. The van der Waals surface area contributed by atoms with Crippen LogP contribution in [0.3, 0.4) is 0 Å². The molecule has 0 aliphatic heterocycles. The maximum Gasteiger partial charge on any atom is 0.232 e. The molecule has 0 N–H and O–H groups in total. The molecule has 0 fully saturated rings. The van der Waals surface area contributed by atoms with E-state index in [1.807, 2.05) is 0 Å². The second-order valence-corrected chi connectivity index (χ2v) is 5.81. The van der Waals surface area contributed by atoms with Crippen LogP contribution in [0.15, 0.2) is 9.85 Å². The summed E-state index contributed by atoms with van der Waals surface area (Å²) in [6.45, 7) is 3.24. The summed E-state index contributed by atoms with van der Waals surface area (Å²) < 4.78 is 22.7. The highest BCUT2D eigenvalue weighted by molar-refractivity contribution is 7.93. The number of sulfone groups is 1. The van der Waals surface area contributed by atoms with Crippen molar-refractivity contribution >= 4 is 21.2 Å². The smallest absolute Gasteiger partial charge is 0.221 e. The molecule has 1 aromatic heterocycles. The highest BCUT2D eigenvalue weighted by atomic mass is 32.2. The van der Waals surface area contributed by atoms with Gasteiger partial charge in [-0.25, -0.2) is 8.42 Å². The minimum Gasteiger partial charge on any atom is -0.221 e. The molecule has 0 aromatic carbocycles. The molecule has 0 unspecified atom stereocenters. The van der Waals surface area contributed by atoms with Crippen molar-refractivity contribution < 1.29 is 8.42 Å². The maximum absolute atomic E-state index is 11.3. The lowest BCUT2D eigenvalue weighted by Gasteiger charge is -2.00. The van der Waals surface area contributed by atoms with Crippen LogP contribution in [-0.4, -0.2) is 23.9 Å². The Bertz CT molecular complexity index is 314. The van der Waals surface area contributed by atoms with Gasteiger partial charge in [0.15, 0.2) is 0 Å². The van der Waals surface area contributed by atoms with Gasteiger partial charge in [0.25, 0.3) is 0 Å². The third kappa shape index (κ3) is 1.57. The number of hydrogen-bond acceptors (Lipinski definition) is 5. The SMILES string of the molecule is CC(C)S(=O)(=O)c1nncs1. The van der Waals surface area contributed by atoms with Gasteiger partial charge in [-0.3, -0.25) is 0 Å². The van der Waals surface area contributed by atoms with Crippen molar-refractivity contribution in [2.24, 2.45) is 0 Å². The van der Waals surface area contributed by atoms with Crippen LogP contribution in [0.2, 0.25) is 0 Å². The monoisotopic (exact) mass is 192 g/mol. The lowest BCUT2D eigenvalue weighted by Crippen LogP contribution is -2.13. The zero-order valence-corrected chi connectivity index (χ0v) is 7.82. The lowest BCUT2D eigenvalue weighted by molar-refractivity contribution is 0.585. The first-order valence-corrected chi connectivity index (χ1v) is 5.48. The first kappa shape index (κ1) is 8.61. The third-order valence-corrected chi connectivity index (χ3v) is 4.48. The molecule has 0 saturated carbocycles. The molecule has 6 heteroatoms. The molecule has 0 aliphatic carbocycles. The minimum atomic E-state index is -3.19. The van der Waals surface area contributed by atoms with E-state index in [0.29, 0.717) is 0 Å². The summed E-state index contributed by atoms with van der Waals surface area (Å²) in [7, 11) is -3.19. The van der Waals surface area contributed by atoms with Crippen molar-refractivity contribution in [3.8, 4) is 0 Å². The first-order valence-electron chi connectivity index (χ1n) is 3.05. The topological polar surface area (TPSA) is 59.9 Å². The van der Waals surface area contributed by atoms with Crippen molar-refractivity contribution in [1.29, 1.82) is 0 Å². The van der Waals surface area contributed by atoms with Crippen LogP contribution in [0.25, 0.3) is 0 Å². The fourth-order valence-corrected chi connectivity index (χ4v) is 2.57. The summed E-state index contributed by atoms with van der Waals surface area (Å²) in [6, 6.07) is 0. The molecule has 0 saturated heterocycles. The summed E-state index contributed by atoms with van der Waals surface area (Å²) in [5.74, 6) is 0. The van der Waals surface area contributed by atoms with Crippen molar-refractivity contribution in [3.63, 3.8) is 0 Å². The summed E-state index contributed by atoms with van der Waals surface area (Å²) in [5, 5.41) is 6.53. The van der Waals surface area contributed by atoms with E-state index in [9.17, 15) is 8.42 Å². The van der Waals surface area contributed by atoms with Crippen molar-refractivity contribution in [1.82, 2.24) is 10.2 Å². The van der Waals surface area contributed by atoms with E-state index >= 15 is 0 Å². The van der Waals surface area contributed by atoms with Gasteiger partial charge in [0.05, 0.1) is 5.25 Å². The normalized spacial score (nSPS) is 12.3. The van der Waals surface area contributed by atoms with E-state index in [0.717, 1.165) is 11.3 Å². The van der Waals surface area contributed by atoms with Gasteiger partial charge in [-0.15, -0.1) is 10.2 Å². The molecule has 0 bridgehead atoms. The molecule has 0 amide bonds. The maximum atomic E-state index is 11.3. The lowest BCUT2D eigenvalue weighted by atomic mass is 10.6. The number of hydrogen-bond donors (Lipinski definition) is 0. The van der Waals surface area contributed by atoms with Gasteiger partial charge < -0.3 is 0 Å². The Morgan fingerprint density at radius 1 is 1.55 bits per heavy atom. The molecule has 0 radical (unpaired) electrons. The second kappa shape index (κ2) is 2.86. The molecule has 1 rings (SSSR count). The van der Waals surface area contributed by atoms with Crippen LogP contribution in [0.4, 0.5) is 0 Å². The van der Waals surface area contributed by atoms with Gasteiger partial charge in [0.1, 0.15) is 5.51 Å². The first-order chi connectivity index (χ1) is 5.05. The van der Waals surface area contributed by atoms with Crippen molar-refractivity contribution in [3.05, 3.63) is 5.51 Å². The van der Waals surface area contributed by atoms with E-state index in [1.54, 1.807) is 13.8 Å². The Kier molecular flexibility index (Phi) is 2.24. The summed E-state index contributed by atoms with van der Waals surface area (Å²) in [5.41, 5.74) is 1.41. The van der Waals surface area contributed by atoms with Crippen LogP contribution in [0.1, 0.15) is 13.8 Å². The highest BCUT2D eigenvalue weighted by Crippen LogP contribution is 2.15. The van der Waals surface area contributed by atoms with E-state index in [2.05, 4.69) is 10.2 Å². The van der Waals surface area contributed by atoms with Gasteiger partial charge in [-0.1, -0.05) is 11.3 Å². The molecule has 0 aliphatic rings. The van der Waals surface area contributed by atoms with Crippen LogP contribution >= 0.6 is 11.3 Å². The minimum absolute atomic E-state index is 0.104. The van der Waals surface area contributed by atoms with E-state index < -0.39 is 15.1 Å². The van der Waals surface area contributed by atoms with Gasteiger partial charge in [-0.05, 0) is 13.8 Å². The van der Waals surface area contributed by atoms with Gasteiger partial charge in [0, 0.05) is 0 Å². The third-order valence-electron chi connectivity index (χ3n) is 1.20. The van der Waals surface area contributed by atoms with Gasteiger partial charge in [-0.2, -0.15) is 0 Å². The average Bonchev–Trinajstić information content (AvgIpc) is 2.37. The van der Waals surface area contributed by atoms with Crippen molar-refractivity contribution in [2.75, 3.05) is 0 Å². The largest absolute Gasteiger partial charge is 0.232 e.